The van der Waals surface area contributed by atoms with Crippen LogP contribution in [0.25, 0.3) is 0 Å². The summed E-state index contributed by atoms with van der Waals surface area (Å²) in [6.07, 6.45) is -1.62. The predicted octanol–water partition coefficient (Wildman–Crippen LogP) is -1.52. The smallest absolute Gasteiger partial charge is 0.320 e. The number of aliphatic hydroxyl groups excluding tert-OH is 2. The maximum absolute atomic E-state index is 11.9. The van der Waals surface area contributed by atoms with Gasteiger partial charge in [0.15, 0.2) is 0 Å². The van der Waals surface area contributed by atoms with Crippen molar-refractivity contribution in [2.24, 2.45) is 0 Å². The Hall–Kier alpha value is -0.850. The van der Waals surface area contributed by atoms with E-state index in [1.165, 1.54) is 4.90 Å². The Morgan fingerprint density at radius 2 is 1.60 bits per heavy atom. The van der Waals surface area contributed by atoms with Crippen LogP contribution in [0.15, 0.2) is 0 Å². The number of β-amino-alcohol motifs (C(OH)–C–C–N with tert-alkyl or cyclic N) is 2. The first-order chi connectivity index (χ1) is 7.18. The average molecular weight is 216 g/mol. The maximum Gasteiger partial charge on any atom is 0.320 e. The fourth-order valence-corrected chi connectivity index (χ4v) is 1.88. The highest BCUT2D eigenvalue weighted by molar-refractivity contribution is 5.75. The Balaban J connectivity index is 1.90. The number of rotatable bonds is 0. The van der Waals surface area contributed by atoms with E-state index in [-0.39, 0.29) is 19.1 Å². The third kappa shape index (κ3) is 2.22. The van der Waals surface area contributed by atoms with Crippen LogP contribution < -0.4 is 0 Å². The molecule has 0 unspecified atom stereocenters. The van der Waals surface area contributed by atoms with Crippen molar-refractivity contribution in [2.45, 2.75) is 12.2 Å². The van der Waals surface area contributed by atoms with E-state index in [9.17, 15) is 15.0 Å². The van der Waals surface area contributed by atoms with Crippen molar-refractivity contribution >= 4 is 6.03 Å². The molecule has 2 rings (SSSR count). The Kier molecular flexibility index (Phi) is 3.08. The molecule has 0 aromatic rings. The van der Waals surface area contributed by atoms with Gasteiger partial charge in [-0.1, -0.05) is 0 Å². The van der Waals surface area contributed by atoms with Gasteiger partial charge in [0.1, 0.15) is 0 Å². The lowest BCUT2D eigenvalue weighted by atomic mass is 10.3. The topological polar surface area (TPSA) is 73.2 Å². The second-order valence-corrected chi connectivity index (χ2v) is 3.92. The Labute approximate surface area is 88.0 Å². The lowest BCUT2D eigenvalue weighted by Crippen LogP contribution is -2.47. The summed E-state index contributed by atoms with van der Waals surface area (Å²) in [6, 6.07) is -0.117. The molecular formula is C9H16N2O4. The van der Waals surface area contributed by atoms with Crippen LogP contribution in [-0.2, 0) is 4.74 Å². The summed E-state index contributed by atoms with van der Waals surface area (Å²) in [5, 5.41) is 18.7. The number of hydrogen-bond acceptors (Lipinski definition) is 4. The molecule has 0 spiro atoms. The summed E-state index contributed by atoms with van der Waals surface area (Å²) in [6.45, 7) is 2.73. The van der Waals surface area contributed by atoms with Crippen LogP contribution in [0.5, 0.6) is 0 Å². The number of urea groups is 1. The number of likely N-dealkylation sites (tertiary alicyclic amines) is 1. The van der Waals surface area contributed by atoms with Crippen molar-refractivity contribution < 1.29 is 19.7 Å². The van der Waals surface area contributed by atoms with E-state index in [2.05, 4.69) is 0 Å². The zero-order chi connectivity index (χ0) is 10.8. The van der Waals surface area contributed by atoms with Crippen molar-refractivity contribution in [3.63, 3.8) is 0 Å². The molecule has 2 heterocycles. The van der Waals surface area contributed by atoms with E-state index in [0.717, 1.165) is 0 Å². The molecule has 2 saturated heterocycles. The van der Waals surface area contributed by atoms with Crippen molar-refractivity contribution in [1.29, 1.82) is 0 Å². The van der Waals surface area contributed by atoms with E-state index < -0.39 is 12.2 Å². The van der Waals surface area contributed by atoms with Gasteiger partial charge in [0.25, 0.3) is 0 Å². The monoisotopic (exact) mass is 216 g/mol. The SMILES string of the molecule is O=C(N1CCOCC1)N1C[C@@H](O)[C@@H](O)C1. The van der Waals surface area contributed by atoms with Gasteiger partial charge >= 0.3 is 6.03 Å². The first kappa shape index (κ1) is 10.7. The van der Waals surface area contributed by atoms with Gasteiger partial charge < -0.3 is 24.7 Å². The molecule has 6 heteroatoms. The van der Waals surface area contributed by atoms with Crippen LogP contribution >= 0.6 is 0 Å². The molecule has 0 aromatic heterocycles. The second kappa shape index (κ2) is 4.34. The minimum absolute atomic E-state index is 0.117. The molecule has 2 atom stereocenters. The normalized spacial score (nSPS) is 32.1. The minimum atomic E-state index is -0.810. The number of carbonyl (C=O) groups excluding carboxylic acids is 1. The van der Waals surface area contributed by atoms with Crippen LogP contribution in [-0.4, -0.2) is 77.6 Å². The number of hydrogen-bond donors (Lipinski definition) is 2. The summed E-state index contributed by atoms with van der Waals surface area (Å²) >= 11 is 0. The van der Waals surface area contributed by atoms with Crippen LogP contribution in [0.1, 0.15) is 0 Å². The molecule has 86 valence electrons. The van der Waals surface area contributed by atoms with Gasteiger partial charge in [-0.25, -0.2) is 4.79 Å². The zero-order valence-electron chi connectivity index (χ0n) is 8.50. The average Bonchev–Trinajstić information content (AvgIpc) is 2.59. The van der Waals surface area contributed by atoms with Gasteiger partial charge in [0.05, 0.1) is 38.5 Å². The molecule has 2 aliphatic heterocycles. The predicted molar refractivity (Wildman–Crippen MR) is 51.4 cm³/mol. The molecule has 0 saturated carbocycles. The number of nitrogens with zero attached hydrogens (tertiary/aromatic N) is 2. The quantitative estimate of drug-likeness (QED) is 0.515. The molecule has 2 aliphatic rings. The van der Waals surface area contributed by atoms with E-state index >= 15 is 0 Å². The highest BCUT2D eigenvalue weighted by atomic mass is 16.5. The second-order valence-electron chi connectivity index (χ2n) is 3.92. The van der Waals surface area contributed by atoms with Gasteiger partial charge in [-0.3, -0.25) is 0 Å². The van der Waals surface area contributed by atoms with E-state index in [1.54, 1.807) is 4.90 Å². The highest BCUT2D eigenvalue weighted by Gasteiger charge is 2.34. The molecule has 15 heavy (non-hydrogen) atoms. The van der Waals surface area contributed by atoms with Gasteiger partial charge in [-0.15, -0.1) is 0 Å². The Morgan fingerprint density at radius 3 is 2.13 bits per heavy atom. The lowest BCUT2D eigenvalue weighted by molar-refractivity contribution is 0.0440. The van der Waals surface area contributed by atoms with Crippen LogP contribution in [0, 0.1) is 0 Å². The van der Waals surface area contributed by atoms with Gasteiger partial charge in [0.2, 0.25) is 0 Å². The standard InChI is InChI=1S/C9H16N2O4/c12-7-5-11(6-8(7)13)9(14)10-1-3-15-4-2-10/h7-8,12-13H,1-6H2/t7-,8+. The summed E-state index contributed by atoms with van der Waals surface area (Å²) in [7, 11) is 0. The number of morpholine rings is 1. The van der Waals surface area contributed by atoms with Crippen LogP contribution in [0.3, 0.4) is 0 Å². The Morgan fingerprint density at radius 1 is 1.07 bits per heavy atom. The van der Waals surface area contributed by atoms with Gasteiger partial charge in [-0.2, -0.15) is 0 Å². The van der Waals surface area contributed by atoms with Gasteiger partial charge in [0, 0.05) is 13.1 Å². The number of carbonyl (C=O) groups is 1. The summed E-state index contributed by atoms with van der Waals surface area (Å²) in [5.74, 6) is 0. The van der Waals surface area contributed by atoms with E-state index in [1.807, 2.05) is 0 Å². The Bertz CT molecular complexity index is 232. The lowest BCUT2D eigenvalue weighted by Gasteiger charge is -2.30. The third-order valence-corrected chi connectivity index (χ3v) is 2.81. The fourth-order valence-electron chi connectivity index (χ4n) is 1.88. The van der Waals surface area contributed by atoms with Crippen molar-refractivity contribution in [1.82, 2.24) is 9.80 Å². The van der Waals surface area contributed by atoms with Crippen molar-refractivity contribution in [3.05, 3.63) is 0 Å². The summed E-state index contributed by atoms with van der Waals surface area (Å²) < 4.78 is 5.14. The fraction of sp³-hybridized carbons (Fsp3) is 0.889. The number of aliphatic hydroxyl groups is 2. The molecular weight excluding hydrogens is 200 g/mol. The maximum atomic E-state index is 11.9. The minimum Gasteiger partial charge on any atom is -0.388 e. The largest absolute Gasteiger partial charge is 0.388 e. The first-order valence-corrected chi connectivity index (χ1v) is 5.16. The number of amides is 2. The summed E-state index contributed by atoms with van der Waals surface area (Å²) in [4.78, 5) is 15.0. The molecule has 2 fully saturated rings. The third-order valence-electron chi connectivity index (χ3n) is 2.81. The molecule has 2 amide bonds. The summed E-state index contributed by atoms with van der Waals surface area (Å²) in [5.41, 5.74) is 0. The molecule has 2 N–H and O–H groups in total. The van der Waals surface area contributed by atoms with Gasteiger partial charge in [-0.05, 0) is 0 Å². The number of ether oxygens (including phenoxy) is 1. The van der Waals surface area contributed by atoms with Crippen LogP contribution in [0.2, 0.25) is 0 Å². The molecule has 0 aromatic carbocycles. The van der Waals surface area contributed by atoms with E-state index in [0.29, 0.717) is 26.3 Å². The van der Waals surface area contributed by atoms with Crippen LogP contribution in [0.4, 0.5) is 4.79 Å². The van der Waals surface area contributed by atoms with Crippen molar-refractivity contribution in [3.8, 4) is 0 Å². The zero-order valence-corrected chi connectivity index (χ0v) is 8.50. The molecule has 0 bridgehead atoms. The highest BCUT2D eigenvalue weighted by Crippen LogP contribution is 2.13. The molecule has 0 radical (unpaired) electrons. The van der Waals surface area contributed by atoms with E-state index in [4.69, 9.17) is 4.74 Å². The molecule has 6 nitrogen and oxygen atoms in total. The molecule has 0 aliphatic carbocycles. The van der Waals surface area contributed by atoms with Crippen molar-refractivity contribution in [2.75, 3.05) is 39.4 Å². The first-order valence-electron chi connectivity index (χ1n) is 5.16.